The fourth-order valence-corrected chi connectivity index (χ4v) is 4.04. The van der Waals surface area contributed by atoms with Gasteiger partial charge in [0, 0.05) is 30.8 Å². The van der Waals surface area contributed by atoms with Gasteiger partial charge in [0.2, 0.25) is 11.9 Å². The molecule has 0 radical (unpaired) electrons. The van der Waals surface area contributed by atoms with Crippen LogP contribution in [0, 0.1) is 11.3 Å². The molecule has 3 aliphatic rings. The second-order valence-electron chi connectivity index (χ2n) is 8.41. The molecule has 0 aromatic carbocycles. The average molecular weight is 344 g/mol. The number of rotatable bonds is 3. The van der Waals surface area contributed by atoms with E-state index in [2.05, 4.69) is 29.0 Å². The van der Waals surface area contributed by atoms with Crippen LogP contribution in [0.1, 0.15) is 56.8 Å². The molecule has 1 N–H and O–H groups in total. The molecule has 6 heteroatoms. The molecule has 136 valence electrons. The van der Waals surface area contributed by atoms with E-state index in [9.17, 15) is 4.79 Å². The maximum Gasteiger partial charge on any atom is 0.225 e. The molecule has 2 heterocycles. The van der Waals surface area contributed by atoms with Crippen molar-refractivity contribution in [3.63, 3.8) is 0 Å². The number of nitrogens with zero attached hydrogens (tertiary/aromatic N) is 3. The lowest BCUT2D eigenvalue weighted by Gasteiger charge is -2.38. The number of hydrogen-bond donors (Lipinski definition) is 1. The first kappa shape index (κ1) is 16.8. The highest BCUT2D eigenvalue weighted by atomic mass is 16.5. The van der Waals surface area contributed by atoms with Gasteiger partial charge < -0.3 is 15.0 Å². The van der Waals surface area contributed by atoms with E-state index in [4.69, 9.17) is 9.72 Å². The number of morpholine rings is 1. The number of amides is 1. The quantitative estimate of drug-likeness (QED) is 0.911. The van der Waals surface area contributed by atoms with Crippen LogP contribution in [-0.2, 0) is 16.0 Å². The monoisotopic (exact) mass is 344 g/mol. The Morgan fingerprint density at radius 2 is 2.08 bits per heavy atom. The summed E-state index contributed by atoms with van der Waals surface area (Å²) in [5, 5.41) is 3.28. The second kappa shape index (κ2) is 6.56. The largest absolute Gasteiger partial charge is 0.378 e. The number of anilines is 1. The van der Waals surface area contributed by atoms with E-state index in [0.29, 0.717) is 0 Å². The zero-order valence-electron chi connectivity index (χ0n) is 15.3. The molecular weight excluding hydrogens is 316 g/mol. The second-order valence-corrected chi connectivity index (χ2v) is 8.41. The van der Waals surface area contributed by atoms with Gasteiger partial charge in [-0.3, -0.25) is 4.79 Å². The number of carbonyl (C=O) groups is 1. The Labute approximate surface area is 149 Å². The molecule has 1 aromatic rings. The number of nitrogens with one attached hydrogen (secondary N) is 1. The first-order chi connectivity index (χ1) is 12.0. The fourth-order valence-electron chi connectivity index (χ4n) is 4.04. The van der Waals surface area contributed by atoms with Crippen LogP contribution in [-0.4, -0.2) is 42.2 Å². The lowest BCUT2D eigenvalue weighted by Crippen LogP contribution is -2.42. The van der Waals surface area contributed by atoms with Crippen LogP contribution in [0.2, 0.25) is 0 Å². The minimum absolute atomic E-state index is 0.0330. The molecular formula is C19H28N4O2. The van der Waals surface area contributed by atoms with E-state index >= 15 is 0 Å². The predicted molar refractivity (Wildman–Crippen MR) is 95.4 cm³/mol. The first-order valence-electron chi connectivity index (χ1n) is 9.51. The molecule has 0 bridgehead atoms. The summed E-state index contributed by atoms with van der Waals surface area (Å²) in [7, 11) is 0. The molecule has 0 spiro atoms. The van der Waals surface area contributed by atoms with E-state index in [0.717, 1.165) is 69.2 Å². The topological polar surface area (TPSA) is 67.3 Å². The zero-order valence-corrected chi connectivity index (χ0v) is 15.3. The summed E-state index contributed by atoms with van der Waals surface area (Å²) in [6.07, 6.45) is 7.05. The third-order valence-electron chi connectivity index (χ3n) is 5.75. The van der Waals surface area contributed by atoms with Crippen molar-refractivity contribution in [2.75, 3.05) is 31.2 Å². The predicted octanol–water partition coefficient (Wildman–Crippen LogP) is 2.24. The maximum atomic E-state index is 12.5. The molecule has 2 aliphatic carbocycles. The van der Waals surface area contributed by atoms with Crippen LogP contribution in [0.4, 0.5) is 5.95 Å². The molecule has 1 amide bonds. The number of aromatic nitrogens is 2. The van der Waals surface area contributed by atoms with Gasteiger partial charge in [0.15, 0.2) is 0 Å². The molecule has 1 saturated heterocycles. The lowest BCUT2D eigenvalue weighted by atomic mass is 9.74. The van der Waals surface area contributed by atoms with Crippen LogP contribution in [0.25, 0.3) is 0 Å². The van der Waals surface area contributed by atoms with Crippen LogP contribution in [0.5, 0.6) is 0 Å². The van der Waals surface area contributed by atoms with Crippen LogP contribution >= 0.6 is 0 Å². The van der Waals surface area contributed by atoms with Crippen LogP contribution < -0.4 is 10.2 Å². The normalized spacial score (nSPS) is 25.8. The molecule has 2 fully saturated rings. The smallest absolute Gasteiger partial charge is 0.225 e. The molecule has 1 aromatic heterocycles. The van der Waals surface area contributed by atoms with Gasteiger partial charge in [-0.2, -0.15) is 0 Å². The molecule has 1 saturated carbocycles. The Kier molecular flexibility index (Phi) is 4.40. The van der Waals surface area contributed by atoms with Gasteiger partial charge in [-0.1, -0.05) is 20.3 Å². The van der Waals surface area contributed by atoms with Gasteiger partial charge in [-0.25, -0.2) is 9.97 Å². The standard InChI is InChI=1S/C19H28N4O2/c1-19(2)10-15(21-17(24)13-4-3-5-13)14-12-20-18(22-16(14)11-19)23-6-8-25-9-7-23/h12-13,15H,3-11H2,1-2H3,(H,21,24)/t15-/m1/s1. The molecule has 1 aliphatic heterocycles. The number of hydrogen-bond acceptors (Lipinski definition) is 5. The Balaban J connectivity index is 1.57. The molecule has 1 atom stereocenters. The minimum Gasteiger partial charge on any atom is -0.378 e. The van der Waals surface area contributed by atoms with Crippen molar-refractivity contribution in [1.82, 2.24) is 15.3 Å². The summed E-state index contributed by atoms with van der Waals surface area (Å²) in [5.74, 6) is 1.21. The average Bonchev–Trinajstić information content (AvgIpc) is 2.52. The van der Waals surface area contributed by atoms with Gasteiger partial charge >= 0.3 is 0 Å². The van der Waals surface area contributed by atoms with Crippen molar-refractivity contribution in [1.29, 1.82) is 0 Å². The van der Waals surface area contributed by atoms with E-state index in [1.165, 1.54) is 6.42 Å². The molecule has 0 unspecified atom stereocenters. The third kappa shape index (κ3) is 3.50. The van der Waals surface area contributed by atoms with Crippen molar-refractivity contribution < 1.29 is 9.53 Å². The molecule has 25 heavy (non-hydrogen) atoms. The zero-order chi connectivity index (χ0) is 17.4. The van der Waals surface area contributed by atoms with E-state index in [1.807, 2.05) is 6.20 Å². The number of ether oxygens (including phenoxy) is 1. The van der Waals surface area contributed by atoms with E-state index in [-0.39, 0.29) is 23.3 Å². The van der Waals surface area contributed by atoms with Crippen molar-refractivity contribution in [2.45, 2.75) is 52.0 Å². The Morgan fingerprint density at radius 3 is 2.76 bits per heavy atom. The SMILES string of the molecule is CC1(C)Cc2nc(N3CCOCC3)ncc2[C@H](NC(=O)C2CCC2)C1. The van der Waals surface area contributed by atoms with Crippen LogP contribution in [0.15, 0.2) is 6.20 Å². The first-order valence-corrected chi connectivity index (χ1v) is 9.51. The highest BCUT2D eigenvalue weighted by Gasteiger charge is 2.36. The van der Waals surface area contributed by atoms with Gasteiger partial charge in [0.25, 0.3) is 0 Å². The summed E-state index contributed by atoms with van der Waals surface area (Å²) in [5.41, 5.74) is 2.32. The Bertz CT molecular complexity index is 651. The third-order valence-corrected chi connectivity index (χ3v) is 5.75. The van der Waals surface area contributed by atoms with Crippen LogP contribution in [0.3, 0.4) is 0 Å². The van der Waals surface area contributed by atoms with Gasteiger partial charge in [0.1, 0.15) is 0 Å². The highest BCUT2D eigenvalue weighted by molar-refractivity contribution is 5.79. The van der Waals surface area contributed by atoms with E-state index < -0.39 is 0 Å². The summed E-state index contributed by atoms with van der Waals surface area (Å²) in [4.78, 5) is 24.1. The Morgan fingerprint density at radius 1 is 1.32 bits per heavy atom. The maximum absolute atomic E-state index is 12.5. The summed E-state index contributed by atoms with van der Waals surface area (Å²) < 4.78 is 5.42. The summed E-state index contributed by atoms with van der Waals surface area (Å²) in [6, 6.07) is 0.0330. The molecule has 6 nitrogen and oxygen atoms in total. The van der Waals surface area contributed by atoms with Gasteiger partial charge in [-0.05, 0) is 31.1 Å². The minimum atomic E-state index is 0.0330. The van der Waals surface area contributed by atoms with Gasteiger partial charge in [0.05, 0.1) is 24.9 Å². The van der Waals surface area contributed by atoms with Gasteiger partial charge in [-0.15, -0.1) is 0 Å². The van der Waals surface area contributed by atoms with Crippen molar-refractivity contribution in [3.05, 3.63) is 17.5 Å². The Hall–Kier alpha value is -1.69. The summed E-state index contributed by atoms with van der Waals surface area (Å²) in [6.45, 7) is 7.65. The summed E-state index contributed by atoms with van der Waals surface area (Å²) >= 11 is 0. The van der Waals surface area contributed by atoms with Crippen molar-refractivity contribution in [3.8, 4) is 0 Å². The van der Waals surface area contributed by atoms with E-state index in [1.54, 1.807) is 0 Å². The number of carbonyl (C=O) groups excluding carboxylic acids is 1. The lowest BCUT2D eigenvalue weighted by molar-refractivity contribution is -0.128. The number of fused-ring (bicyclic) bond motifs is 1. The highest BCUT2D eigenvalue weighted by Crippen LogP contribution is 2.40. The molecule has 4 rings (SSSR count). The van der Waals surface area contributed by atoms with Crippen molar-refractivity contribution >= 4 is 11.9 Å². The fraction of sp³-hybridized carbons (Fsp3) is 0.737. The van der Waals surface area contributed by atoms with Crippen molar-refractivity contribution in [2.24, 2.45) is 11.3 Å².